The van der Waals surface area contributed by atoms with E-state index in [-0.39, 0.29) is 17.4 Å². The van der Waals surface area contributed by atoms with Gasteiger partial charge in [-0.3, -0.25) is 0 Å². The first-order valence-corrected chi connectivity index (χ1v) is 3.16. The Morgan fingerprint density at radius 1 is 1.44 bits per heavy atom. The van der Waals surface area contributed by atoms with Gasteiger partial charge in [0.15, 0.2) is 0 Å². The predicted octanol–water partition coefficient (Wildman–Crippen LogP) is 2.53. The van der Waals surface area contributed by atoms with Gasteiger partial charge >= 0.3 is 0 Å². The normalized spacial score (nSPS) is 15.7. The molecule has 0 aliphatic heterocycles. The smallest absolute Gasteiger partial charge is 0 e. The molecule has 0 N–H and O–H groups in total. The molecule has 1 aliphatic carbocycles. The Kier molecular flexibility index (Phi) is 3.94. The summed E-state index contributed by atoms with van der Waals surface area (Å²) in [5.41, 5.74) is 1.56. The van der Waals surface area contributed by atoms with Gasteiger partial charge in [0.25, 0.3) is 0 Å². The molecule has 50 valence electrons. The third kappa shape index (κ3) is 2.39. The van der Waals surface area contributed by atoms with E-state index in [4.69, 9.17) is 0 Å². The molecule has 0 bridgehead atoms. The maximum absolute atomic E-state index is 2.23. The summed E-state index contributed by atoms with van der Waals surface area (Å²) in [6.07, 6.45) is 7.73. The summed E-state index contributed by atoms with van der Waals surface area (Å²) >= 11 is 0. The quantitative estimate of drug-likeness (QED) is 0.553. The summed E-state index contributed by atoms with van der Waals surface area (Å²) in [4.78, 5) is 0. The molecule has 0 aromatic heterocycles. The Morgan fingerprint density at radius 3 is 2.33 bits per heavy atom. The van der Waals surface area contributed by atoms with Gasteiger partial charge < -0.3 is 0 Å². The second-order valence-corrected chi connectivity index (χ2v) is 2.53. The summed E-state index contributed by atoms with van der Waals surface area (Å²) in [7, 11) is 0. The number of rotatable bonds is 1. The van der Waals surface area contributed by atoms with E-state index in [1.54, 1.807) is 5.57 Å². The molecule has 0 spiro atoms. The van der Waals surface area contributed by atoms with Crippen LogP contribution in [0, 0.1) is 5.92 Å². The van der Waals surface area contributed by atoms with Crippen molar-refractivity contribution in [3.63, 3.8) is 0 Å². The van der Waals surface area contributed by atoms with Crippen molar-refractivity contribution in [3.05, 3.63) is 23.8 Å². The van der Waals surface area contributed by atoms with E-state index < -0.39 is 0 Å². The minimum atomic E-state index is 0. The van der Waals surface area contributed by atoms with Gasteiger partial charge in [-0.1, -0.05) is 37.6 Å². The van der Waals surface area contributed by atoms with Crippen molar-refractivity contribution >= 4 is 0 Å². The van der Waals surface area contributed by atoms with Gasteiger partial charge in [0.05, 0.1) is 0 Å². The van der Waals surface area contributed by atoms with Crippen LogP contribution < -0.4 is 0 Å². The van der Waals surface area contributed by atoms with E-state index in [1.165, 1.54) is 6.42 Å². The summed E-state index contributed by atoms with van der Waals surface area (Å²) in [6, 6.07) is 0. The van der Waals surface area contributed by atoms with Crippen molar-refractivity contribution in [2.45, 2.75) is 20.3 Å². The second kappa shape index (κ2) is 3.93. The van der Waals surface area contributed by atoms with E-state index in [1.807, 2.05) is 0 Å². The van der Waals surface area contributed by atoms with Crippen LogP contribution >= 0.6 is 0 Å². The van der Waals surface area contributed by atoms with Crippen LogP contribution in [-0.2, 0) is 17.4 Å². The van der Waals surface area contributed by atoms with Gasteiger partial charge in [0.2, 0.25) is 0 Å². The van der Waals surface area contributed by atoms with Crippen LogP contribution in [-0.4, -0.2) is 0 Å². The molecule has 9 heavy (non-hydrogen) atoms. The molecule has 0 aromatic carbocycles. The van der Waals surface area contributed by atoms with Crippen LogP contribution in [0.25, 0.3) is 0 Å². The van der Waals surface area contributed by atoms with Gasteiger partial charge in [0.1, 0.15) is 0 Å². The zero-order chi connectivity index (χ0) is 5.98. The fourth-order valence-electron chi connectivity index (χ4n) is 0.892. The molecule has 0 saturated heterocycles. The maximum Gasteiger partial charge on any atom is 0 e. The molecule has 0 amide bonds. The molecule has 0 atom stereocenters. The molecule has 0 unspecified atom stereocenters. The Balaban J connectivity index is 0.000000640. The topological polar surface area (TPSA) is 0 Å². The Morgan fingerprint density at radius 2 is 2.11 bits per heavy atom. The van der Waals surface area contributed by atoms with Crippen LogP contribution in [0.15, 0.2) is 23.8 Å². The average Bonchev–Trinajstić information content (AvgIpc) is 2.12. The van der Waals surface area contributed by atoms with Crippen molar-refractivity contribution in [1.29, 1.82) is 0 Å². The van der Waals surface area contributed by atoms with E-state index in [0.29, 0.717) is 0 Å². The van der Waals surface area contributed by atoms with Crippen LogP contribution in [0.3, 0.4) is 0 Å². The predicted molar refractivity (Wildman–Crippen MR) is 36.7 cm³/mol. The maximum atomic E-state index is 2.23. The molecular formula is C8H12Cr. The SMILES string of the molecule is CC(C)C1=CC=CC1.[Cr]. The standard InChI is InChI=1S/C8H12.Cr/c1-7(2)8-5-3-4-6-8;/h3-5,7H,6H2,1-2H3;. The van der Waals surface area contributed by atoms with Crippen molar-refractivity contribution in [2.24, 2.45) is 5.92 Å². The molecule has 0 fully saturated rings. The van der Waals surface area contributed by atoms with Crippen LogP contribution in [0.1, 0.15) is 20.3 Å². The Hall–Kier alpha value is 0.0125. The third-order valence-corrected chi connectivity index (χ3v) is 1.54. The Labute approximate surface area is 67.8 Å². The van der Waals surface area contributed by atoms with Gasteiger partial charge in [-0.25, -0.2) is 0 Å². The zero-order valence-electron chi connectivity index (χ0n) is 5.92. The average molecular weight is 160 g/mol. The van der Waals surface area contributed by atoms with Crippen molar-refractivity contribution < 1.29 is 17.4 Å². The fraction of sp³-hybridized carbons (Fsp3) is 0.500. The van der Waals surface area contributed by atoms with E-state index in [9.17, 15) is 0 Å². The second-order valence-electron chi connectivity index (χ2n) is 2.53. The summed E-state index contributed by atoms with van der Waals surface area (Å²) in [5, 5.41) is 0. The minimum Gasteiger partial charge on any atom is -0.0805 e. The third-order valence-electron chi connectivity index (χ3n) is 1.54. The molecule has 0 nitrogen and oxygen atoms in total. The largest absolute Gasteiger partial charge is 0.0805 e. The first kappa shape index (κ1) is 9.01. The van der Waals surface area contributed by atoms with Gasteiger partial charge in [-0.05, 0) is 12.3 Å². The molecule has 0 heterocycles. The van der Waals surface area contributed by atoms with Crippen LogP contribution in [0.5, 0.6) is 0 Å². The summed E-state index contributed by atoms with van der Waals surface area (Å²) in [5.74, 6) is 0.741. The van der Waals surface area contributed by atoms with Gasteiger partial charge in [0, 0.05) is 17.4 Å². The molecule has 0 aromatic rings. The molecule has 0 radical (unpaired) electrons. The number of hydrogen-bond donors (Lipinski definition) is 0. The van der Waals surface area contributed by atoms with Crippen LogP contribution in [0.2, 0.25) is 0 Å². The van der Waals surface area contributed by atoms with Crippen molar-refractivity contribution in [2.75, 3.05) is 0 Å². The van der Waals surface area contributed by atoms with Crippen LogP contribution in [0.4, 0.5) is 0 Å². The molecule has 1 heteroatoms. The summed E-state index contributed by atoms with van der Waals surface area (Å²) in [6.45, 7) is 4.47. The van der Waals surface area contributed by atoms with E-state index in [2.05, 4.69) is 32.1 Å². The fourth-order valence-corrected chi connectivity index (χ4v) is 0.892. The zero-order valence-corrected chi connectivity index (χ0v) is 7.20. The Bertz CT molecular complexity index is 132. The minimum absolute atomic E-state index is 0. The van der Waals surface area contributed by atoms with E-state index in [0.717, 1.165) is 5.92 Å². The first-order valence-electron chi connectivity index (χ1n) is 3.16. The first-order chi connectivity index (χ1) is 3.80. The number of hydrogen-bond acceptors (Lipinski definition) is 0. The van der Waals surface area contributed by atoms with Crippen molar-refractivity contribution in [3.8, 4) is 0 Å². The summed E-state index contributed by atoms with van der Waals surface area (Å²) < 4.78 is 0. The van der Waals surface area contributed by atoms with Gasteiger partial charge in [-0.15, -0.1) is 0 Å². The number of allylic oxidation sites excluding steroid dienone is 4. The molecule has 1 aliphatic rings. The molecule has 0 saturated carbocycles. The van der Waals surface area contributed by atoms with Gasteiger partial charge in [-0.2, -0.15) is 0 Å². The monoisotopic (exact) mass is 160 g/mol. The van der Waals surface area contributed by atoms with E-state index >= 15 is 0 Å². The van der Waals surface area contributed by atoms with Crippen molar-refractivity contribution in [1.82, 2.24) is 0 Å². The molecule has 1 rings (SSSR count). The molecular weight excluding hydrogens is 148 g/mol.